The summed E-state index contributed by atoms with van der Waals surface area (Å²) in [4.78, 5) is 67.6. The number of hydrogen-bond acceptors (Lipinski definition) is 9. The Balaban J connectivity index is 0.947. The number of imidazole rings is 1. The van der Waals surface area contributed by atoms with Gasteiger partial charge in [-0.1, -0.05) is 48.5 Å². The molecule has 3 aliphatic heterocycles. The van der Waals surface area contributed by atoms with Gasteiger partial charge in [0.2, 0.25) is 5.91 Å². The summed E-state index contributed by atoms with van der Waals surface area (Å²) in [5.41, 5.74) is 2.64. The molecular formula is C43H46F2N8O6. The lowest BCUT2D eigenvalue weighted by Crippen LogP contribution is -2.53. The lowest BCUT2D eigenvalue weighted by Gasteiger charge is -2.29. The summed E-state index contributed by atoms with van der Waals surface area (Å²) in [5, 5.41) is 8.66. The van der Waals surface area contributed by atoms with E-state index in [4.69, 9.17) is 14.5 Å². The molecule has 4 N–H and O–H groups in total. The van der Waals surface area contributed by atoms with Gasteiger partial charge in [-0.3, -0.25) is 14.6 Å². The van der Waals surface area contributed by atoms with Crippen molar-refractivity contribution in [2.45, 2.75) is 68.7 Å². The van der Waals surface area contributed by atoms with Crippen molar-refractivity contribution < 1.29 is 37.4 Å². The highest BCUT2D eigenvalue weighted by atomic mass is 19.1. The van der Waals surface area contributed by atoms with Gasteiger partial charge in [-0.05, 0) is 79.3 Å². The zero-order chi connectivity index (χ0) is 41.2. The number of nitrogens with one attached hydrogen (secondary N) is 4. The number of carbonyl (C=O) groups excluding carboxylic acids is 4. The zero-order valence-corrected chi connectivity index (χ0v) is 32.8. The van der Waals surface area contributed by atoms with Crippen LogP contribution in [0.1, 0.15) is 73.6 Å². The number of aromatic amines is 1. The second-order valence-electron chi connectivity index (χ2n) is 15.3. The fourth-order valence-corrected chi connectivity index (χ4v) is 8.46. The van der Waals surface area contributed by atoms with E-state index in [1.807, 2.05) is 6.07 Å². The third-order valence-electron chi connectivity index (χ3n) is 11.7. The lowest BCUT2D eigenvalue weighted by atomic mass is 9.99. The summed E-state index contributed by atoms with van der Waals surface area (Å²) in [5.74, 6) is -0.299. The molecule has 4 heterocycles. The van der Waals surface area contributed by atoms with Crippen LogP contribution >= 0.6 is 0 Å². The van der Waals surface area contributed by atoms with Crippen molar-refractivity contribution in [3.63, 3.8) is 0 Å². The monoisotopic (exact) mass is 808 g/mol. The van der Waals surface area contributed by atoms with E-state index >= 15 is 8.78 Å². The van der Waals surface area contributed by atoms with Gasteiger partial charge in [0.15, 0.2) is 0 Å². The molecular weight excluding hydrogens is 763 g/mol. The van der Waals surface area contributed by atoms with E-state index in [0.717, 1.165) is 19.3 Å². The molecule has 0 radical (unpaired) electrons. The summed E-state index contributed by atoms with van der Waals surface area (Å²) >= 11 is 0. The highest BCUT2D eigenvalue weighted by Crippen LogP contribution is 2.37. The van der Waals surface area contributed by atoms with E-state index in [1.54, 1.807) is 58.3 Å². The van der Waals surface area contributed by atoms with Crippen LogP contribution in [0.2, 0.25) is 0 Å². The predicted molar refractivity (Wildman–Crippen MR) is 213 cm³/mol. The fraction of sp³-hybridized carbons (Fsp3) is 0.395. The van der Waals surface area contributed by atoms with Gasteiger partial charge in [-0.2, -0.15) is 0 Å². The lowest BCUT2D eigenvalue weighted by molar-refractivity contribution is -0.135. The minimum atomic E-state index is -0.966. The van der Waals surface area contributed by atoms with E-state index in [2.05, 4.69) is 25.9 Å². The third kappa shape index (κ3) is 8.21. The van der Waals surface area contributed by atoms with Crippen molar-refractivity contribution in [2.75, 3.05) is 33.9 Å². The Hall–Kier alpha value is -6.32. The molecule has 4 amide bonds. The molecule has 4 aromatic rings. The van der Waals surface area contributed by atoms with Gasteiger partial charge in [0.1, 0.15) is 35.4 Å². The minimum absolute atomic E-state index is 0.0791. The van der Waals surface area contributed by atoms with E-state index < -0.39 is 48.0 Å². The van der Waals surface area contributed by atoms with Crippen LogP contribution in [0.15, 0.2) is 77.9 Å². The normalized spacial score (nSPS) is 21.0. The van der Waals surface area contributed by atoms with Gasteiger partial charge >= 0.3 is 12.2 Å². The molecule has 1 aromatic heterocycles. The maximum absolute atomic E-state index is 15.8. The van der Waals surface area contributed by atoms with Crippen molar-refractivity contribution in [1.82, 2.24) is 35.7 Å². The molecule has 3 aromatic carbocycles. The van der Waals surface area contributed by atoms with Gasteiger partial charge in [-0.15, -0.1) is 0 Å². The van der Waals surface area contributed by atoms with E-state index in [0.29, 0.717) is 78.5 Å². The summed E-state index contributed by atoms with van der Waals surface area (Å²) in [6, 6.07) is 15.5. The largest absolute Gasteiger partial charge is 0.453 e. The molecule has 2 saturated heterocycles. The SMILES string of the molecule is COC(=O)N[C@H](C(=O)N1CCC[C@H]1C1=NC(c2ccc(-c3ccc(-c4cnc([C@@H]5CCCN5C(=O)[C@H](NC(=O)OC)c5ccccc5)[nH]4)c(F)c3)cc2F)CN1)C1CC1. The number of carbonyl (C=O) groups is 4. The Morgan fingerprint density at radius 2 is 1.46 bits per heavy atom. The fourth-order valence-electron chi connectivity index (χ4n) is 8.46. The van der Waals surface area contributed by atoms with Crippen LogP contribution in [0, 0.1) is 17.6 Å². The van der Waals surface area contributed by atoms with Crippen LogP contribution in [0.5, 0.6) is 0 Å². The first kappa shape index (κ1) is 39.5. The number of amides is 4. The number of alkyl carbamates (subject to hydrolysis) is 2. The molecule has 1 saturated carbocycles. The van der Waals surface area contributed by atoms with Crippen LogP contribution < -0.4 is 16.0 Å². The molecule has 8 rings (SSSR count). The van der Waals surface area contributed by atoms with Crippen molar-refractivity contribution in [3.05, 3.63) is 102 Å². The zero-order valence-electron chi connectivity index (χ0n) is 32.8. The van der Waals surface area contributed by atoms with Gasteiger partial charge in [-0.25, -0.2) is 23.4 Å². The number of aliphatic imine (C=N–C) groups is 1. The van der Waals surface area contributed by atoms with Gasteiger partial charge in [0, 0.05) is 30.8 Å². The van der Waals surface area contributed by atoms with Crippen LogP contribution in [0.3, 0.4) is 0 Å². The smallest absolute Gasteiger partial charge is 0.407 e. The highest BCUT2D eigenvalue weighted by Gasteiger charge is 2.44. The molecule has 5 atom stereocenters. The van der Waals surface area contributed by atoms with E-state index in [1.165, 1.54) is 32.5 Å². The van der Waals surface area contributed by atoms with Gasteiger partial charge in [0.05, 0.1) is 44.2 Å². The average molecular weight is 809 g/mol. The summed E-state index contributed by atoms with van der Waals surface area (Å²) in [6.45, 7) is 1.35. The number of likely N-dealkylation sites (tertiary alicyclic amines) is 2. The number of H-pyrrole nitrogens is 1. The summed E-state index contributed by atoms with van der Waals surface area (Å²) < 4.78 is 41.1. The molecule has 59 heavy (non-hydrogen) atoms. The van der Waals surface area contributed by atoms with Crippen molar-refractivity contribution in [1.29, 1.82) is 0 Å². The Labute approximate surface area is 339 Å². The van der Waals surface area contributed by atoms with Gasteiger partial charge < -0.3 is 40.2 Å². The molecule has 1 unspecified atom stereocenters. The standard InChI is InChI=1S/C43H46F2N8O6/c1-58-42(56)50-36(24-8-4-3-5-9-24)40(54)52-18-6-10-34(52)38-46-22-32(48-38)28-16-14-26(20-30(28)44)27-15-17-29(31(45)21-27)33-23-47-39(49-33)35-11-7-19-53(35)41(55)37(25-12-13-25)51-43(57)59-2/h3-5,8-9,14-17,20-22,25,33-37H,6-7,10-13,18-19,23H2,1-2H3,(H,46,48)(H,47,49)(H,50,56)(H,51,57)/t33?,34-,35-,36+,37-/m0/s1. The number of ether oxygens (including phenoxy) is 2. The molecule has 1 aliphatic carbocycles. The quantitative estimate of drug-likeness (QED) is 0.144. The summed E-state index contributed by atoms with van der Waals surface area (Å²) in [6.07, 6.45) is 4.70. The molecule has 0 bridgehead atoms. The first-order chi connectivity index (χ1) is 28.6. The van der Waals surface area contributed by atoms with E-state index in [9.17, 15) is 19.2 Å². The number of amidine groups is 1. The van der Waals surface area contributed by atoms with Crippen LogP contribution in [0.25, 0.3) is 22.4 Å². The van der Waals surface area contributed by atoms with Crippen molar-refractivity contribution in [2.24, 2.45) is 10.9 Å². The average Bonchev–Trinajstić information content (AvgIpc) is 3.71. The first-order valence-electron chi connectivity index (χ1n) is 19.9. The Kier molecular flexibility index (Phi) is 11.3. The Morgan fingerprint density at radius 1 is 0.797 bits per heavy atom. The maximum atomic E-state index is 15.8. The molecule has 14 nitrogen and oxygen atoms in total. The second-order valence-corrected chi connectivity index (χ2v) is 15.3. The maximum Gasteiger partial charge on any atom is 0.407 e. The van der Waals surface area contributed by atoms with Crippen LogP contribution in [0.4, 0.5) is 18.4 Å². The highest BCUT2D eigenvalue weighted by molar-refractivity contribution is 5.95. The molecule has 16 heteroatoms. The molecule has 0 spiro atoms. The number of aromatic nitrogens is 2. The topological polar surface area (TPSA) is 170 Å². The summed E-state index contributed by atoms with van der Waals surface area (Å²) in [7, 11) is 2.51. The van der Waals surface area contributed by atoms with Crippen LogP contribution in [-0.2, 0) is 19.1 Å². The molecule has 308 valence electrons. The third-order valence-corrected chi connectivity index (χ3v) is 11.7. The molecule has 4 aliphatic rings. The Morgan fingerprint density at radius 3 is 2.14 bits per heavy atom. The Bertz CT molecular complexity index is 2260. The number of rotatable bonds is 11. The molecule has 3 fully saturated rings. The van der Waals surface area contributed by atoms with Crippen LogP contribution in [-0.4, -0.2) is 95.5 Å². The minimum Gasteiger partial charge on any atom is -0.453 e. The second kappa shape index (κ2) is 16.9. The van der Waals surface area contributed by atoms with E-state index in [-0.39, 0.29) is 29.3 Å². The van der Waals surface area contributed by atoms with Crippen molar-refractivity contribution in [3.8, 4) is 22.4 Å². The number of benzene rings is 3. The number of nitrogens with zero attached hydrogens (tertiary/aromatic N) is 4. The number of halogens is 2. The number of hydrogen-bond donors (Lipinski definition) is 4. The van der Waals surface area contributed by atoms with Gasteiger partial charge in [0.25, 0.3) is 5.91 Å². The van der Waals surface area contributed by atoms with Crippen molar-refractivity contribution >= 4 is 29.8 Å². The number of methoxy groups -OCH3 is 2. The first-order valence-corrected chi connectivity index (χ1v) is 19.9. The predicted octanol–water partition coefficient (Wildman–Crippen LogP) is 5.95.